The van der Waals surface area contributed by atoms with Crippen LogP contribution in [0.25, 0.3) is 0 Å². The molecule has 1 aliphatic heterocycles. The Morgan fingerprint density at radius 2 is 1.84 bits per heavy atom. The fourth-order valence-electron chi connectivity index (χ4n) is 3.92. The van der Waals surface area contributed by atoms with Gasteiger partial charge in [-0.05, 0) is 36.2 Å². The molecule has 0 spiro atoms. The van der Waals surface area contributed by atoms with Crippen LogP contribution in [0, 0.1) is 0 Å². The Labute approximate surface area is 220 Å². The molecule has 1 amide bonds. The molecule has 14 heteroatoms. The average molecular weight is 557 g/mol. The molecule has 38 heavy (non-hydrogen) atoms. The predicted molar refractivity (Wildman–Crippen MR) is 130 cm³/mol. The Hall–Kier alpha value is -3.68. The SMILES string of the molecule is COc1ccc(OC(F)(F)F)cc1Oc1nc2c(n1Cc1ccc(Cl)cc1)C(=O)N(CCCO)C(O)N2C. The van der Waals surface area contributed by atoms with E-state index in [4.69, 9.17) is 21.1 Å². The number of rotatable bonds is 9. The van der Waals surface area contributed by atoms with Crippen LogP contribution in [0.4, 0.5) is 19.0 Å². The van der Waals surface area contributed by atoms with Crippen LogP contribution in [0.15, 0.2) is 42.5 Å². The highest BCUT2D eigenvalue weighted by molar-refractivity contribution is 6.30. The van der Waals surface area contributed by atoms with Crippen LogP contribution in [-0.4, -0.2) is 70.6 Å². The molecule has 1 aromatic heterocycles. The number of hydrogen-bond donors (Lipinski definition) is 2. The molecule has 0 saturated carbocycles. The van der Waals surface area contributed by atoms with Crippen LogP contribution in [0.1, 0.15) is 22.5 Å². The molecule has 0 saturated heterocycles. The molecule has 10 nitrogen and oxygen atoms in total. The summed E-state index contributed by atoms with van der Waals surface area (Å²) in [6, 6.07) is 9.92. The predicted octanol–water partition coefficient (Wildman–Crippen LogP) is 3.83. The van der Waals surface area contributed by atoms with Gasteiger partial charge in [0.2, 0.25) is 6.35 Å². The van der Waals surface area contributed by atoms with Gasteiger partial charge in [-0.3, -0.25) is 14.3 Å². The van der Waals surface area contributed by atoms with Gasteiger partial charge in [-0.25, -0.2) is 0 Å². The number of carbonyl (C=O) groups excluding carboxylic acids is 1. The number of imidazole rings is 1. The van der Waals surface area contributed by atoms with Gasteiger partial charge in [0.05, 0.1) is 13.7 Å². The fourth-order valence-corrected chi connectivity index (χ4v) is 4.05. The van der Waals surface area contributed by atoms with Crippen molar-refractivity contribution in [3.8, 4) is 23.3 Å². The first-order valence-electron chi connectivity index (χ1n) is 11.3. The number of alkyl halides is 3. The topological polar surface area (TPSA) is 110 Å². The van der Waals surface area contributed by atoms with Crippen molar-refractivity contribution in [2.24, 2.45) is 0 Å². The summed E-state index contributed by atoms with van der Waals surface area (Å²) in [6.07, 6.45) is -6.07. The van der Waals surface area contributed by atoms with Gasteiger partial charge in [0.15, 0.2) is 23.0 Å². The summed E-state index contributed by atoms with van der Waals surface area (Å²) in [5, 5.41) is 20.5. The monoisotopic (exact) mass is 556 g/mol. The largest absolute Gasteiger partial charge is 0.573 e. The van der Waals surface area contributed by atoms with Crippen molar-refractivity contribution in [2.45, 2.75) is 25.7 Å². The number of halogens is 4. The summed E-state index contributed by atoms with van der Waals surface area (Å²) >= 11 is 6.00. The van der Waals surface area contributed by atoms with E-state index in [0.717, 1.165) is 12.1 Å². The zero-order valence-electron chi connectivity index (χ0n) is 20.3. The van der Waals surface area contributed by atoms with Crippen LogP contribution >= 0.6 is 11.6 Å². The number of hydrogen-bond acceptors (Lipinski definition) is 8. The number of nitrogens with zero attached hydrogens (tertiary/aromatic N) is 4. The van der Waals surface area contributed by atoms with Crippen molar-refractivity contribution < 1.29 is 42.4 Å². The number of aliphatic hydroxyl groups is 2. The smallest absolute Gasteiger partial charge is 0.493 e. The number of methoxy groups -OCH3 is 1. The first-order valence-corrected chi connectivity index (χ1v) is 11.7. The number of amides is 1. The van der Waals surface area contributed by atoms with E-state index < -0.39 is 24.4 Å². The standard InChI is InChI=1S/C24H24ClF3N4O6/c1-30-20-19(21(34)31(23(30)35)10-3-11-33)32(13-14-4-6-15(25)7-5-14)22(29-20)37-18-12-16(38-24(26,27)28)8-9-17(18)36-2/h4-9,12,23,33,35H,3,10-11,13H2,1-2H3. The second kappa shape index (κ2) is 11.0. The number of carbonyl (C=O) groups is 1. The Bertz CT molecular complexity index is 1300. The molecule has 0 radical (unpaired) electrons. The van der Waals surface area contributed by atoms with E-state index >= 15 is 0 Å². The van der Waals surface area contributed by atoms with E-state index in [-0.39, 0.29) is 55.1 Å². The minimum Gasteiger partial charge on any atom is -0.493 e. The molecule has 0 aliphatic carbocycles. The van der Waals surface area contributed by atoms with Crippen molar-refractivity contribution in [3.63, 3.8) is 0 Å². The lowest BCUT2D eigenvalue weighted by molar-refractivity contribution is -0.274. The summed E-state index contributed by atoms with van der Waals surface area (Å²) in [5.41, 5.74) is 0.784. The van der Waals surface area contributed by atoms with E-state index in [1.807, 2.05) is 0 Å². The van der Waals surface area contributed by atoms with Crippen LogP contribution in [0.5, 0.6) is 23.3 Å². The van der Waals surface area contributed by atoms with Crippen molar-refractivity contribution in [1.82, 2.24) is 14.5 Å². The first kappa shape index (κ1) is 27.4. The molecular formula is C24H24ClF3N4O6. The van der Waals surface area contributed by atoms with Gasteiger partial charge in [-0.15, -0.1) is 13.2 Å². The highest BCUT2D eigenvalue weighted by Crippen LogP contribution is 2.39. The highest BCUT2D eigenvalue weighted by atomic mass is 35.5. The zero-order valence-corrected chi connectivity index (χ0v) is 21.0. The lowest BCUT2D eigenvalue weighted by Gasteiger charge is -2.38. The first-order chi connectivity index (χ1) is 18.0. The average Bonchev–Trinajstić information content (AvgIpc) is 3.21. The molecule has 0 bridgehead atoms. The quantitative estimate of drug-likeness (QED) is 0.409. The van der Waals surface area contributed by atoms with E-state index in [1.54, 1.807) is 24.3 Å². The van der Waals surface area contributed by atoms with Crippen LogP contribution in [-0.2, 0) is 6.54 Å². The number of ether oxygens (including phenoxy) is 3. The highest BCUT2D eigenvalue weighted by Gasteiger charge is 2.40. The van der Waals surface area contributed by atoms with Gasteiger partial charge in [-0.2, -0.15) is 4.98 Å². The maximum Gasteiger partial charge on any atom is 0.573 e. The number of anilines is 1. The summed E-state index contributed by atoms with van der Waals surface area (Å²) in [7, 11) is 2.83. The Balaban J connectivity index is 1.81. The van der Waals surface area contributed by atoms with Gasteiger partial charge < -0.3 is 29.3 Å². The summed E-state index contributed by atoms with van der Waals surface area (Å²) in [4.78, 5) is 20.4. The number of fused-ring (bicyclic) bond motifs is 1. The van der Waals surface area contributed by atoms with Gasteiger partial charge in [0.25, 0.3) is 5.91 Å². The van der Waals surface area contributed by atoms with Gasteiger partial charge >= 0.3 is 12.4 Å². The lowest BCUT2D eigenvalue weighted by atomic mass is 10.2. The van der Waals surface area contributed by atoms with Crippen molar-refractivity contribution in [3.05, 3.63) is 58.7 Å². The number of benzene rings is 2. The van der Waals surface area contributed by atoms with Gasteiger partial charge in [0.1, 0.15) is 5.75 Å². The molecule has 2 aromatic carbocycles. The minimum absolute atomic E-state index is 0.0627. The summed E-state index contributed by atoms with van der Waals surface area (Å²) < 4.78 is 55.0. The van der Waals surface area contributed by atoms with Crippen LogP contribution in [0.3, 0.4) is 0 Å². The third-order valence-electron chi connectivity index (χ3n) is 5.72. The Kier molecular flexibility index (Phi) is 7.90. The van der Waals surface area contributed by atoms with E-state index in [1.165, 1.54) is 34.6 Å². The normalized spacial score (nSPS) is 15.5. The van der Waals surface area contributed by atoms with Crippen molar-refractivity contribution in [2.75, 3.05) is 32.2 Å². The number of aromatic nitrogens is 2. The van der Waals surface area contributed by atoms with Crippen molar-refractivity contribution >= 4 is 23.3 Å². The summed E-state index contributed by atoms with van der Waals surface area (Å²) in [5.74, 6) is -1.10. The minimum atomic E-state index is -4.93. The van der Waals surface area contributed by atoms with Crippen LogP contribution < -0.4 is 19.1 Å². The second-order valence-corrected chi connectivity index (χ2v) is 8.71. The van der Waals surface area contributed by atoms with E-state index in [2.05, 4.69) is 9.72 Å². The fraction of sp³-hybridized carbons (Fsp3) is 0.333. The molecule has 1 atom stereocenters. The molecule has 2 N–H and O–H groups in total. The molecule has 3 aromatic rings. The Morgan fingerprint density at radius 3 is 2.47 bits per heavy atom. The third kappa shape index (κ3) is 5.74. The maximum absolute atomic E-state index is 13.5. The zero-order chi connectivity index (χ0) is 27.6. The van der Waals surface area contributed by atoms with Gasteiger partial charge in [-0.1, -0.05) is 23.7 Å². The van der Waals surface area contributed by atoms with Gasteiger partial charge in [0, 0.05) is 31.3 Å². The van der Waals surface area contributed by atoms with E-state index in [0.29, 0.717) is 10.6 Å². The molecule has 0 fully saturated rings. The molecule has 204 valence electrons. The maximum atomic E-state index is 13.5. The lowest BCUT2D eigenvalue weighted by Crippen LogP contribution is -2.54. The third-order valence-corrected chi connectivity index (χ3v) is 5.97. The number of aliphatic hydroxyl groups excluding tert-OH is 2. The van der Waals surface area contributed by atoms with E-state index in [9.17, 15) is 28.2 Å². The Morgan fingerprint density at radius 1 is 1.13 bits per heavy atom. The molecular weight excluding hydrogens is 533 g/mol. The molecule has 1 unspecified atom stereocenters. The molecule has 2 heterocycles. The summed E-state index contributed by atoms with van der Waals surface area (Å²) in [6.45, 7) is -0.0613. The second-order valence-electron chi connectivity index (χ2n) is 8.27. The molecule has 1 aliphatic rings. The van der Waals surface area contributed by atoms with Crippen molar-refractivity contribution in [1.29, 1.82) is 0 Å². The van der Waals surface area contributed by atoms with Crippen LogP contribution in [0.2, 0.25) is 5.02 Å². The molecule has 4 rings (SSSR count).